The molecule has 8 heteroatoms. The van der Waals surface area contributed by atoms with E-state index in [1.54, 1.807) is 54.6 Å². The summed E-state index contributed by atoms with van der Waals surface area (Å²) >= 11 is 6.12. The number of nitrogens with one attached hydrogen (secondary N) is 2. The van der Waals surface area contributed by atoms with Crippen molar-refractivity contribution in [1.29, 1.82) is 0 Å². The molecular weight excluding hydrogens is 436 g/mol. The van der Waals surface area contributed by atoms with Gasteiger partial charge in [0.1, 0.15) is 17.3 Å². The zero-order chi connectivity index (χ0) is 22.4. The number of carbonyl (C=O) groups excluding carboxylic acids is 1. The fraction of sp³-hybridized carbons (Fsp3) is 0.0870. The van der Waals surface area contributed by atoms with E-state index in [0.29, 0.717) is 23.7 Å². The number of anilines is 2. The largest absolute Gasteiger partial charge is 0.490 e. The number of carbonyl (C=O) groups is 1. The highest BCUT2D eigenvalue weighted by Gasteiger charge is 2.20. The van der Waals surface area contributed by atoms with E-state index in [4.69, 9.17) is 16.3 Å². The molecule has 0 bridgehead atoms. The predicted molar refractivity (Wildman–Crippen MR) is 124 cm³/mol. The zero-order valence-electron chi connectivity index (χ0n) is 16.8. The summed E-state index contributed by atoms with van der Waals surface area (Å²) < 4.78 is 33.5. The molecule has 0 saturated heterocycles. The number of aryl methyl sites for hydroxylation is 1. The van der Waals surface area contributed by atoms with Crippen molar-refractivity contribution in [2.45, 2.75) is 11.8 Å². The van der Waals surface area contributed by atoms with Gasteiger partial charge in [0, 0.05) is 16.9 Å². The smallest absolute Gasteiger partial charge is 0.263 e. The van der Waals surface area contributed by atoms with E-state index in [1.807, 2.05) is 6.92 Å². The third-order valence-electron chi connectivity index (χ3n) is 4.27. The highest BCUT2D eigenvalue weighted by atomic mass is 35.5. The summed E-state index contributed by atoms with van der Waals surface area (Å²) in [5, 5.41) is 2.74. The molecular formula is C23H21ClN2O4S. The van der Waals surface area contributed by atoms with Gasteiger partial charge in [0.25, 0.3) is 15.9 Å². The molecule has 0 atom stereocenters. The minimum absolute atomic E-state index is 0.0138. The zero-order valence-corrected chi connectivity index (χ0v) is 18.3. The molecule has 0 unspecified atom stereocenters. The molecule has 0 spiro atoms. The fourth-order valence-electron chi connectivity index (χ4n) is 2.68. The number of benzene rings is 3. The van der Waals surface area contributed by atoms with Gasteiger partial charge in [0.2, 0.25) is 0 Å². The molecule has 1 amide bonds. The first kappa shape index (κ1) is 22.4. The Kier molecular flexibility index (Phi) is 6.99. The molecule has 3 aromatic rings. The third-order valence-corrected chi connectivity index (χ3v) is 6.13. The van der Waals surface area contributed by atoms with Crippen LogP contribution >= 0.6 is 11.6 Å². The predicted octanol–water partition coefficient (Wildman–Crippen LogP) is 5.27. The first-order valence-corrected chi connectivity index (χ1v) is 11.2. The van der Waals surface area contributed by atoms with Crippen molar-refractivity contribution in [3.05, 3.63) is 95.5 Å². The standard InChI is InChI=1S/C23H21ClN2O4S/c1-3-14-30-20-11-9-18(10-12-20)25-23(27)17-6-13-21(24)22(15-17)31(28,29)26-19-7-4-16(2)5-8-19/h3-13,15,26H,1,14H2,2H3,(H,25,27). The maximum atomic E-state index is 12.8. The summed E-state index contributed by atoms with van der Waals surface area (Å²) in [6, 6.07) is 17.8. The maximum absolute atomic E-state index is 12.8. The lowest BCUT2D eigenvalue weighted by atomic mass is 10.2. The second-order valence-corrected chi connectivity index (χ2v) is 8.75. The molecule has 0 aromatic heterocycles. The van der Waals surface area contributed by atoms with E-state index < -0.39 is 15.9 Å². The first-order valence-electron chi connectivity index (χ1n) is 9.32. The van der Waals surface area contributed by atoms with E-state index in [9.17, 15) is 13.2 Å². The van der Waals surface area contributed by atoms with Crippen molar-refractivity contribution in [1.82, 2.24) is 0 Å². The van der Waals surface area contributed by atoms with Crippen LogP contribution in [0.15, 0.2) is 84.3 Å². The molecule has 0 saturated carbocycles. The fourth-order valence-corrected chi connectivity index (χ4v) is 4.26. The van der Waals surface area contributed by atoms with Crippen molar-refractivity contribution in [3.8, 4) is 5.75 Å². The molecule has 0 aliphatic heterocycles. The Balaban J connectivity index is 1.78. The number of hydrogen-bond donors (Lipinski definition) is 2. The molecule has 0 fully saturated rings. The van der Waals surface area contributed by atoms with Crippen LogP contribution in [-0.2, 0) is 10.0 Å². The molecule has 2 N–H and O–H groups in total. The van der Waals surface area contributed by atoms with E-state index in [2.05, 4.69) is 16.6 Å². The molecule has 0 heterocycles. The summed E-state index contributed by atoms with van der Waals surface area (Å²) in [4.78, 5) is 12.5. The number of ether oxygens (including phenoxy) is 1. The van der Waals surface area contributed by atoms with E-state index in [1.165, 1.54) is 18.2 Å². The lowest BCUT2D eigenvalue weighted by Crippen LogP contribution is -2.16. The van der Waals surface area contributed by atoms with Gasteiger partial charge in [-0.1, -0.05) is 42.0 Å². The van der Waals surface area contributed by atoms with Crippen LogP contribution in [0.4, 0.5) is 11.4 Å². The molecule has 31 heavy (non-hydrogen) atoms. The van der Waals surface area contributed by atoms with Crippen molar-refractivity contribution >= 4 is 38.9 Å². The summed E-state index contributed by atoms with van der Waals surface area (Å²) in [5.74, 6) is 0.170. The van der Waals surface area contributed by atoms with Crippen LogP contribution < -0.4 is 14.8 Å². The van der Waals surface area contributed by atoms with Crippen LogP contribution in [-0.4, -0.2) is 20.9 Å². The highest BCUT2D eigenvalue weighted by Crippen LogP contribution is 2.26. The average molecular weight is 457 g/mol. The van der Waals surface area contributed by atoms with Gasteiger partial charge in [0.05, 0.1) is 5.02 Å². The van der Waals surface area contributed by atoms with E-state index in [-0.39, 0.29) is 15.5 Å². The van der Waals surface area contributed by atoms with Crippen molar-refractivity contribution in [3.63, 3.8) is 0 Å². The average Bonchev–Trinajstić information content (AvgIpc) is 2.75. The Bertz CT molecular complexity index is 1190. The van der Waals surface area contributed by atoms with Crippen LogP contribution in [0.3, 0.4) is 0 Å². The monoisotopic (exact) mass is 456 g/mol. The van der Waals surface area contributed by atoms with Crippen LogP contribution in [0.1, 0.15) is 15.9 Å². The number of sulfonamides is 1. The Morgan fingerprint density at radius 3 is 2.32 bits per heavy atom. The number of amides is 1. The van der Waals surface area contributed by atoms with Gasteiger partial charge in [-0.2, -0.15) is 0 Å². The van der Waals surface area contributed by atoms with E-state index in [0.717, 1.165) is 5.56 Å². The van der Waals surface area contributed by atoms with Crippen LogP contribution in [0.25, 0.3) is 0 Å². The third kappa shape index (κ3) is 5.87. The molecule has 160 valence electrons. The normalized spacial score (nSPS) is 10.9. The Hall–Kier alpha value is -3.29. The second-order valence-electron chi connectivity index (χ2n) is 6.69. The molecule has 3 rings (SSSR count). The van der Waals surface area contributed by atoms with Gasteiger partial charge in [-0.3, -0.25) is 9.52 Å². The topological polar surface area (TPSA) is 84.5 Å². The van der Waals surface area contributed by atoms with Gasteiger partial charge < -0.3 is 10.1 Å². The van der Waals surface area contributed by atoms with Crippen molar-refractivity contribution < 1.29 is 17.9 Å². The number of hydrogen-bond acceptors (Lipinski definition) is 4. The number of halogens is 1. The second kappa shape index (κ2) is 9.68. The molecule has 0 aliphatic carbocycles. The van der Waals surface area contributed by atoms with E-state index >= 15 is 0 Å². The lowest BCUT2D eigenvalue weighted by molar-refractivity contribution is 0.102. The Labute approximate surface area is 186 Å². The molecule has 6 nitrogen and oxygen atoms in total. The van der Waals surface area contributed by atoms with Crippen LogP contribution in [0.5, 0.6) is 5.75 Å². The summed E-state index contributed by atoms with van der Waals surface area (Å²) in [6.07, 6.45) is 1.63. The van der Waals surface area contributed by atoms with Gasteiger partial charge >= 0.3 is 0 Å². The van der Waals surface area contributed by atoms with Crippen LogP contribution in [0, 0.1) is 6.92 Å². The summed E-state index contributed by atoms with van der Waals surface area (Å²) in [5.41, 5.74) is 2.09. The summed E-state index contributed by atoms with van der Waals surface area (Å²) in [6.45, 7) is 5.87. The minimum Gasteiger partial charge on any atom is -0.490 e. The van der Waals surface area contributed by atoms with Gasteiger partial charge in [0.15, 0.2) is 0 Å². The van der Waals surface area contributed by atoms with Crippen molar-refractivity contribution in [2.75, 3.05) is 16.6 Å². The highest BCUT2D eigenvalue weighted by molar-refractivity contribution is 7.92. The Morgan fingerprint density at radius 2 is 1.68 bits per heavy atom. The number of rotatable bonds is 8. The SMILES string of the molecule is C=CCOc1ccc(NC(=O)c2ccc(Cl)c(S(=O)(=O)Nc3ccc(C)cc3)c2)cc1. The molecule has 3 aromatic carbocycles. The lowest BCUT2D eigenvalue weighted by Gasteiger charge is -2.12. The van der Waals surface area contributed by atoms with Crippen molar-refractivity contribution in [2.24, 2.45) is 0 Å². The van der Waals surface area contributed by atoms with Gasteiger partial charge in [-0.25, -0.2) is 8.42 Å². The first-order chi connectivity index (χ1) is 14.8. The minimum atomic E-state index is -3.99. The quantitative estimate of drug-likeness (QED) is 0.452. The summed E-state index contributed by atoms with van der Waals surface area (Å²) in [7, 11) is -3.99. The van der Waals surface area contributed by atoms with Crippen LogP contribution in [0.2, 0.25) is 5.02 Å². The Morgan fingerprint density at radius 1 is 1.03 bits per heavy atom. The molecule has 0 radical (unpaired) electrons. The molecule has 0 aliphatic rings. The van der Waals surface area contributed by atoms with Gasteiger partial charge in [-0.15, -0.1) is 0 Å². The van der Waals surface area contributed by atoms with Gasteiger partial charge in [-0.05, 0) is 61.5 Å². The maximum Gasteiger partial charge on any atom is 0.263 e.